The molecule has 0 aliphatic carbocycles. The largest absolute Gasteiger partial charge is 0.322 e. The molecule has 148 valence electrons. The molecule has 1 aliphatic heterocycles. The van der Waals surface area contributed by atoms with Crippen LogP contribution in [0.3, 0.4) is 0 Å². The Labute approximate surface area is 172 Å². The zero-order valence-electron chi connectivity index (χ0n) is 16.0. The third kappa shape index (κ3) is 4.43. The minimum atomic E-state index is -0.295. The van der Waals surface area contributed by atoms with E-state index < -0.39 is 0 Å². The Hall–Kier alpha value is -3.26. The molecule has 29 heavy (non-hydrogen) atoms. The molecule has 1 aromatic heterocycles. The highest BCUT2D eigenvalue weighted by Crippen LogP contribution is 2.34. The highest BCUT2D eigenvalue weighted by Gasteiger charge is 2.33. The third-order valence-corrected chi connectivity index (χ3v) is 5.79. The molecule has 0 saturated carbocycles. The summed E-state index contributed by atoms with van der Waals surface area (Å²) in [5.74, 6) is -0.295. The van der Waals surface area contributed by atoms with Crippen molar-refractivity contribution in [3.05, 3.63) is 70.2 Å². The summed E-state index contributed by atoms with van der Waals surface area (Å²) in [6, 6.07) is 16.6. The van der Waals surface area contributed by atoms with Crippen LogP contribution < -0.4 is 10.6 Å². The first kappa shape index (κ1) is 19.1. The fourth-order valence-electron chi connectivity index (χ4n) is 3.27. The molecule has 3 amide bonds. The van der Waals surface area contributed by atoms with Crippen LogP contribution in [0.4, 0.5) is 16.2 Å². The van der Waals surface area contributed by atoms with Crippen LogP contribution in [0, 0.1) is 6.92 Å². The Morgan fingerprint density at radius 3 is 2.48 bits per heavy atom. The van der Waals surface area contributed by atoms with Crippen molar-refractivity contribution >= 4 is 34.6 Å². The summed E-state index contributed by atoms with van der Waals surface area (Å²) in [6.07, 6.45) is 1.69. The average Bonchev–Trinajstić information content (AvgIpc) is 3.40. The van der Waals surface area contributed by atoms with Crippen molar-refractivity contribution in [2.45, 2.75) is 25.8 Å². The number of nitrogens with zero attached hydrogens (tertiary/aromatic N) is 3. The number of rotatable bonds is 4. The molecule has 0 radical (unpaired) electrons. The number of nitrogens with one attached hydrogen (secondary N) is 2. The van der Waals surface area contributed by atoms with Gasteiger partial charge < -0.3 is 15.5 Å². The number of benzene rings is 2. The Morgan fingerprint density at radius 2 is 1.72 bits per heavy atom. The maximum atomic E-state index is 12.7. The molecule has 8 heteroatoms. The number of amides is 3. The maximum Gasteiger partial charge on any atom is 0.322 e. The van der Waals surface area contributed by atoms with E-state index >= 15 is 0 Å². The smallest absolute Gasteiger partial charge is 0.320 e. The van der Waals surface area contributed by atoms with Gasteiger partial charge in [-0.3, -0.25) is 4.79 Å². The molecule has 7 nitrogen and oxygen atoms in total. The molecule has 2 aromatic carbocycles. The fourth-order valence-corrected chi connectivity index (χ4v) is 4.15. The number of likely N-dealkylation sites (tertiary alicyclic amines) is 1. The van der Waals surface area contributed by atoms with Crippen LogP contribution >= 0.6 is 11.3 Å². The summed E-state index contributed by atoms with van der Waals surface area (Å²) >= 11 is 1.23. The van der Waals surface area contributed by atoms with E-state index in [0.29, 0.717) is 17.2 Å². The highest BCUT2D eigenvalue weighted by atomic mass is 32.1. The van der Waals surface area contributed by atoms with E-state index in [4.69, 9.17) is 0 Å². The van der Waals surface area contributed by atoms with Gasteiger partial charge in [-0.25, -0.2) is 4.79 Å². The zero-order valence-corrected chi connectivity index (χ0v) is 16.8. The monoisotopic (exact) mass is 407 g/mol. The van der Waals surface area contributed by atoms with Crippen molar-refractivity contribution in [3.8, 4) is 0 Å². The van der Waals surface area contributed by atoms with Gasteiger partial charge in [0.25, 0.3) is 5.91 Å². The number of anilines is 2. The first-order valence-electron chi connectivity index (χ1n) is 9.44. The van der Waals surface area contributed by atoms with Gasteiger partial charge in [0.2, 0.25) is 5.01 Å². The number of carbonyl (C=O) groups excluding carboxylic acids is 2. The van der Waals surface area contributed by atoms with Crippen LogP contribution in [-0.2, 0) is 0 Å². The highest BCUT2D eigenvalue weighted by molar-refractivity contribution is 7.13. The number of hydrogen-bond donors (Lipinski definition) is 2. The molecule has 4 rings (SSSR count). The van der Waals surface area contributed by atoms with Crippen molar-refractivity contribution < 1.29 is 9.59 Å². The van der Waals surface area contributed by atoms with Gasteiger partial charge in [-0.05, 0) is 44.0 Å². The standard InChI is InChI=1S/C21H21N5O2S/c1-14-9-11-16(12-10-14)22-18(27)20-25-24-19(29-20)17-8-5-13-26(17)21(28)23-15-6-3-2-4-7-15/h2-4,6-7,9-12,17H,5,8,13H2,1H3,(H,22,27)(H,23,28)/t17-/m1/s1. The molecule has 2 heterocycles. The van der Waals surface area contributed by atoms with Crippen LogP contribution in [0.1, 0.15) is 39.3 Å². The fraction of sp³-hybridized carbons (Fsp3) is 0.238. The summed E-state index contributed by atoms with van der Waals surface area (Å²) < 4.78 is 0. The lowest BCUT2D eigenvalue weighted by Gasteiger charge is -2.23. The molecule has 0 spiro atoms. The van der Waals surface area contributed by atoms with Gasteiger partial charge in [0.1, 0.15) is 5.01 Å². The van der Waals surface area contributed by atoms with Crippen molar-refractivity contribution in [2.75, 3.05) is 17.2 Å². The quantitative estimate of drug-likeness (QED) is 0.668. The van der Waals surface area contributed by atoms with Crippen molar-refractivity contribution in [1.82, 2.24) is 15.1 Å². The summed E-state index contributed by atoms with van der Waals surface area (Å²) in [5, 5.41) is 15.0. The number of urea groups is 1. The van der Waals surface area contributed by atoms with Crippen LogP contribution in [-0.4, -0.2) is 33.6 Å². The molecule has 1 fully saturated rings. The van der Waals surface area contributed by atoms with Gasteiger partial charge in [-0.2, -0.15) is 0 Å². The second kappa shape index (κ2) is 8.40. The number of para-hydroxylation sites is 1. The van der Waals surface area contributed by atoms with Gasteiger partial charge >= 0.3 is 6.03 Å². The zero-order chi connectivity index (χ0) is 20.2. The van der Waals surface area contributed by atoms with E-state index in [9.17, 15) is 9.59 Å². The normalized spacial score (nSPS) is 15.9. The van der Waals surface area contributed by atoms with Crippen molar-refractivity contribution in [1.29, 1.82) is 0 Å². The molecule has 2 N–H and O–H groups in total. The Balaban J connectivity index is 1.44. The van der Waals surface area contributed by atoms with Gasteiger partial charge in [-0.1, -0.05) is 47.2 Å². The summed E-state index contributed by atoms with van der Waals surface area (Å²) in [7, 11) is 0. The third-order valence-electron chi connectivity index (χ3n) is 4.77. The van der Waals surface area contributed by atoms with Gasteiger partial charge in [0, 0.05) is 17.9 Å². The number of aryl methyl sites for hydroxylation is 1. The first-order valence-corrected chi connectivity index (χ1v) is 10.3. The Kier molecular flexibility index (Phi) is 5.53. The average molecular weight is 407 g/mol. The lowest BCUT2D eigenvalue weighted by molar-refractivity contribution is 0.102. The molecule has 0 unspecified atom stereocenters. The molecular formula is C21H21N5O2S. The van der Waals surface area contributed by atoms with E-state index in [-0.39, 0.29) is 23.0 Å². The van der Waals surface area contributed by atoms with Crippen LogP contribution in [0.15, 0.2) is 54.6 Å². The Bertz CT molecular complexity index is 1000. The maximum absolute atomic E-state index is 12.7. The number of hydrogen-bond acceptors (Lipinski definition) is 5. The SMILES string of the molecule is Cc1ccc(NC(=O)c2nnc([C@H]3CCCN3C(=O)Nc3ccccc3)s2)cc1. The van der Waals surface area contributed by atoms with Gasteiger partial charge in [0.15, 0.2) is 0 Å². The summed E-state index contributed by atoms with van der Waals surface area (Å²) in [5.41, 5.74) is 2.58. The number of aromatic nitrogens is 2. The van der Waals surface area contributed by atoms with E-state index in [1.54, 1.807) is 4.90 Å². The van der Waals surface area contributed by atoms with Gasteiger partial charge in [-0.15, -0.1) is 10.2 Å². The molecule has 1 aliphatic rings. The van der Waals surface area contributed by atoms with E-state index in [1.165, 1.54) is 11.3 Å². The topological polar surface area (TPSA) is 87.2 Å². The second-order valence-electron chi connectivity index (χ2n) is 6.91. The summed E-state index contributed by atoms with van der Waals surface area (Å²) in [4.78, 5) is 26.9. The molecule has 3 aromatic rings. The minimum absolute atomic E-state index is 0.167. The predicted molar refractivity (Wildman–Crippen MR) is 113 cm³/mol. The predicted octanol–water partition coefficient (Wildman–Crippen LogP) is 4.47. The lowest BCUT2D eigenvalue weighted by atomic mass is 10.2. The number of carbonyl (C=O) groups is 2. The van der Waals surface area contributed by atoms with Crippen LogP contribution in [0.25, 0.3) is 0 Å². The van der Waals surface area contributed by atoms with Gasteiger partial charge in [0.05, 0.1) is 6.04 Å². The van der Waals surface area contributed by atoms with E-state index in [1.807, 2.05) is 61.5 Å². The second-order valence-corrected chi connectivity index (χ2v) is 7.92. The van der Waals surface area contributed by atoms with Crippen LogP contribution in [0.2, 0.25) is 0 Å². The first-order chi connectivity index (χ1) is 14.1. The van der Waals surface area contributed by atoms with E-state index in [0.717, 1.165) is 24.1 Å². The van der Waals surface area contributed by atoms with Crippen LogP contribution in [0.5, 0.6) is 0 Å². The van der Waals surface area contributed by atoms with E-state index in [2.05, 4.69) is 20.8 Å². The van der Waals surface area contributed by atoms with Crippen molar-refractivity contribution in [2.24, 2.45) is 0 Å². The summed E-state index contributed by atoms with van der Waals surface area (Å²) in [6.45, 7) is 2.64. The van der Waals surface area contributed by atoms with Crippen molar-refractivity contribution in [3.63, 3.8) is 0 Å². The molecule has 1 atom stereocenters. The molecule has 1 saturated heterocycles. The minimum Gasteiger partial charge on any atom is -0.320 e. The Morgan fingerprint density at radius 1 is 1.00 bits per heavy atom. The lowest BCUT2D eigenvalue weighted by Crippen LogP contribution is -2.34. The molecule has 0 bridgehead atoms. The molecular weight excluding hydrogens is 386 g/mol.